The molecule has 0 fully saturated rings. The molecule has 16 heavy (non-hydrogen) atoms. The first-order chi connectivity index (χ1) is 7.65. The lowest BCUT2D eigenvalue weighted by atomic mass is 10.1. The number of carbonyl (C=O) groups is 1. The lowest BCUT2D eigenvalue weighted by Crippen LogP contribution is -2.29. The molecule has 0 radical (unpaired) electrons. The molecule has 0 aliphatic heterocycles. The second kappa shape index (κ2) is 5.72. The van der Waals surface area contributed by atoms with Crippen LogP contribution in [0.15, 0.2) is 29.4 Å². The lowest BCUT2D eigenvalue weighted by molar-refractivity contribution is -0.117. The highest BCUT2D eigenvalue weighted by atomic mass is 16.4. The van der Waals surface area contributed by atoms with Crippen LogP contribution in [-0.4, -0.2) is 23.5 Å². The van der Waals surface area contributed by atoms with E-state index in [1.807, 2.05) is 12.1 Å². The highest BCUT2D eigenvalue weighted by Crippen LogP contribution is 2.07. The smallest absolute Gasteiger partial charge is 0.231 e. The number of benzene rings is 1. The summed E-state index contributed by atoms with van der Waals surface area (Å²) in [5, 5.41) is 14.4. The largest absolute Gasteiger partial charge is 0.409 e. The van der Waals surface area contributed by atoms with Crippen LogP contribution in [0.2, 0.25) is 0 Å². The minimum absolute atomic E-state index is 0.0384. The molecule has 1 rings (SSSR count). The first kappa shape index (κ1) is 12.0. The van der Waals surface area contributed by atoms with E-state index in [1.165, 1.54) is 0 Å². The fourth-order valence-corrected chi connectivity index (χ4v) is 1.30. The van der Waals surface area contributed by atoms with Crippen LogP contribution < -0.4 is 16.8 Å². The Kier molecular flexibility index (Phi) is 4.28. The molecular weight excluding hydrogens is 208 g/mol. The van der Waals surface area contributed by atoms with Crippen LogP contribution in [0.1, 0.15) is 11.1 Å². The summed E-state index contributed by atoms with van der Waals surface area (Å²) in [6.45, 7) is 0.514. The van der Waals surface area contributed by atoms with E-state index in [0.29, 0.717) is 12.1 Å². The number of nitrogens with two attached hydrogens (primary N) is 2. The number of nitrogens with zero attached hydrogens (tertiary/aromatic N) is 1. The summed E-state index contributed by atoms with van der Waals surface area (Å²) in [5.41, 5.74) is 12.0. The lowest BCUT2D eigenvalue weighted by Gasteiger charge is -2.08. The van der Waals surface area contributed by atoms with Crippen LogP contribution in [0.5, 0.6) is 0 Å². The molecule has 0 aromatic heterocycles. The maximum absolute atomic E-state index is 10.5. The van der Waals surface area contributed by atoms with Crippen molar-refractivity contribution in [3.8, 4) is 0 Å². The van der Waals surface area contributed by atoms with E-state index in [4.69, 9.17) is 16.7 Å². The number of amides is 1. The van der Waals surface area contributed by atoms with Crippen molar-refractivity contribution in [2.75, 3.05) is 6.54 Å². The number of rotatable bonds is 5. The monoisotopic (exact) mass is 222 g/mol. The van der Waals surface area contributed by atoms with Gasteiger partial charge in [0, 0.05) is 12.1 Å². The molecule has 6 nitrogen and oxygen atoms in total. The third kappa shape index (κ3) is 3.25. The van der Waals surface area contributed by atoms with E-state index in [0.717, 1.165) is 5.56 Å². The molecule has 0 spiro atoms. The molecule has 1 amide bonds. The van der Waals surface area contributed by atoms with Crippen LogP contribution in [-0.2, 0) is 11.3 Å². The molecule has 0 atom stereocenters. The van der Waals surface area contributed by atoms with Crippen LogP contribution >= 0.6 is 0 Å². The molecule has 0 aliphatic carbocycles. The van der Waals surface area contributed by atoms with Gasteiger partial charge in [-0.1, -0.05) is 29.4 Å². The van der Waals surface area contributed by atoms with Crippen molar-refractivity contribution >= 4 is 11.7 Å². The van der Waals surface area contributed by atoms with Gasteiger partial charge in [0.15, 0.2) is 5.84 Å². The van der Waals surface area contributed by atoms with Gasteiger partial charge in [-0.25, -0.2) is 0 Å². The molecular formula is C10H14N4O2. The number of nitrogens with one attached hydrogen (secondary N) is 1. The highest BCUT2D eigenvalue weighted by Gasteiger charge is 2.05. The Labute approximate surface area is 92.9 Å². The molecule has 1 aromatic rings. The molecule has 0 heterocycles. The standard InChI is InChI=1S/C10H14N4O2/c11-9(15)6-13-5-7-3-1-2-4-8(7)10(12)14-16/h1-4,13,16H,5-6H2,(H2,11,15)(H2,12,14). The quantitative estimate of drug-likeness (QED) is 0.229. The van der Waals surface area contributed by atoms with Crippen molar-refractivity contribution in [2.24, 2.45) is 16.6 Å². The summed E-state index contributed by atoms with van der Waals surface area (Å²) in [6.07, 6.45) is 0. The van der Waals surface area contributed by atoms with Gasteiger partial charge in [0.2, 0.25) is 5.91 Å². The molecule has 0 bridgehead atoms. The number of amidine groups is 1. The Morgan fingerprint density at radius 3 is 2.69 bits per heavy atom. The number of hydrogen-bond donors (Lipinski definition) is 4. The van der Waals surface area contributed by atoms with Gasteiger partial charge in [0.1, 0.15) is 0 Å². The molecule has 0 unspecified atom stereocenters. The normalized spacial score (nSPS) is 11.4. The van der Waals surface area contributed by atoms with Crippen molar-refractivity contribution in [3.63, 3.8) is 0 Å². The second-order valence-electron chi connectivity index (χ2n) is 3.21. The van der Waals surface area contributed by atoms with Crippen LogP contribution in [0.25, 0.3) is 0 Å². The summed E-state index contributed by atoms with van der Waals surface area (Å²) < 4.78 is 0. The maximum Gasteiger partial charge on any atom is 0.231 e. The van der Waals surface area contributed by atoms with Gasteiger partial charge in [0.25, 0.3) is 0 Å². The van der Waals surface area contributed by atoms with Crippen molar-refractivity contribution in [1.29, 1.82) is 0 Å². The summed E-state index contributed by atoms with van der Waals surface area (Å²) >= 11 is 0. The predicted molar refractivity (Wildman–Crippen MR) is 59.9 cm³/mol. The van der Waals surface area contributed by atoms with E-state index < -0.39 is 5.91 Å². The molecule has 0 saturated heterocycles. The van der Waals surface area contributed by atoms with E-state index in [9.17, 15) is 4.79 Å². The Hall–Kier alpha value is -2.08. The molecule has 0 aliphatic rings. The predicted octanol–water partition coefficient (Wildman–Crippen LogP) is -0.644. The summed E-state index contributed by atoms with van der Waals surface area (Å²) in [7, 11) is 0. The minimum Gasteiger partial charge on any atom is -0.409 e. The van der Waals surface area contributed by atoms with Crippen molar-refractivity contribution in [1.82, 2.24) is 5.32 Å². The zero-order valence-corrected chi connectivity index (χ0v) is 8.68. The van der Waals surface area contributed by atoms with Gasteiger partial charge in [-0.2, -0.15) is 0 Å². The highest BCUT2D eigenvalue weighted by molar-refractivity contribution is 5.98. The summed E-state index contributed by atoms with van der Waals surface area (Å²) in [4.78, 5) is 10.5. The topological polar surface area (TPSA) is 114 Å². The average molecular weight is 222 g/mol. The van der Waals surface area contributed by atoms with Gasteiger partial charge in [-0.3, -0.25) is 4.79 Å². The van der Waals surface area contributed by atoms with Gasteiger partial charge >= 0.3 is 0 Å². The van der Waals surface area contributed by atoms with Gasteiger partial charge < -0.3 is 22.0 Å². The molecule has 0 saturated carbocycles. The summed E-state index contributed by atoms with van der Waals surface area (Å²) in [6, 6.07) is 7.16. The third-order valence-electron chi connectivity index (χ3n) is 2.02. The zero-order chi connectivity index (χ0) is 12.0. The Balaban J connectivity index is 2.75. The fourth-order valence-electron chi connectivity index (χ4n) is 1.30. The fraction of sp³-hybridized carbons (Fsp3) is 0.200. The van der Waals surface area contributed by atoms with Crippen molar-refractivity contribution in [3.05, 3.63) is 35.4 Å². The molecule has 86 valence electrons. The Bertz CT molecular complexity index is 404. The molecule has 6 heteroatoms. The van der Waals surface area contributed by atoms with Gasteiger partial charge in [-0.15, -0.1) is 0 Å². The Morgan fingerprint density at radius 1 is 1.38 bits per heavy atom. The van der Waals surface area contributed by atoms with Crippen molar-refractivity contribution in [2.45, 2.75) is 6.54 Å². The average Bonchev–Trinajstić information content (AvgIpc) is 2.28. The third-order valence-corrected chi connectivity index (χ3v) is 2.02. The van der Waals surface area contributed by atoms with E-state index in [-0.39, 0.29) is 12.4 Å². The number of carbonyl (C=O) groups excluding carboxylic acids is 1. The van der Waals surface area contributed by atoms with E-state index >= 15 is 0 Å². The first-order valence-corrected chi connectivity index (χ1v) is 4.70. The zero-order valence-electron chi connectivity index (χ0n) is 8.68. The SMILES string of the molecule is NC(=O)CNCc1ccccc1C(N)=NO. The van der Waals surface area contributed by atoms with E-state index in [1.54, 1.807) is 12.1 Å². The Morgan fingerprint density at radius 2 is 2.06 bits per heavy atom. The molecule has 1 aromatic carbocycles. The minimum atomic E-state index is -0.429. The van der Waals surface area contributed by atoms with Gasteiger partial charge in [0.05, 0.1) is 6.54 Å². The van der Waals surface area contributed by atoms with Gasteiger partial charge in [-0.05, 0) is 5.56 Å². The maximum atomic E-state index is 10.5. The van der Waals surface area contributed by atoms with Crippen LogP contribution in [0.4, 0.5) is 0 Å². The number of hydrogen-bond acceptors (Lipinski definition) is 4. The number of oxime groups is 1. The molecule has 6 N–H and O–H groups in total. The first-order valence-electron chi connectivity index (χ1n) is 4.70. The van der Waals surface area contributed by atoms with E-state index in [2.05, 4.69) is 10.5 Å². The van der Waals surface area contributed by atoms with Crippen LogP contribution in [0, 0.1) is 0 Å². The number of primary amides is 1. The van der Waals surface area contributed by atoms with Crippen LogP contribution in [0.3, 0.4) is 0 Å². The summed E-state index contributed by atoms with van der Waals surface area (Å²) in [5.74, 6) is -0.391. The van der Waals surface area contributed by atoms with Crippen molar-refractivity contribution < 1.29 is 10.0 Å². The second-order valence-corrected chi connectivity index (χ2v) is 3.21.